The zero-order valence-electron chi connectivity index (χ0n) is 9.47. The van der Waals surface area contributed by atoms with Crippen LogP contribution in [0.1, 0.15) is 10.7 Å². The van der Waals surface area contributed by atoms with Gasteiger partial charge in [-0.05, 0) is 6.26 Å². The van der Waals surface area contributed by atoms with Gasteiger partial charge >= 0.3 is 0 Å². The molecule has 2 heterocycles. The van der Waals surface area contributed by atoms with E-state index in [4.69, 9.17) is 10.5 Å². The first-order chi connectivity index (χ1) is 8.24. The van der Waals surface area contributed by atoms with Gasteiger partial charge in [-0.15, -0.1) is 21.5 Å². The highest BCUT2D eigenvalue weighted by molar-refractivity contribution is 7.97. The molecule has 2 aromatic heterocycles. The van der Waals surface area contributed by atoms with Crippen molar-refractivity contribution >= 4 is 39.6 Å². The molecule has 0 aliphatic rings. The Kier molecular flexibility index (Phi) is 4.32. The van der Waals surface area contributed by atoms with Gasteiger partial charge in [-0.1, -0.05) is 11.3 Å². The van der Waals surface area contributed by atoms with Gasteiger partial charge in [0, 0.05) is 12.9 Å². The summed E-state index contributed by atoms with van der Waals surface area (Å²) in [6.07, 6.45) is 2.06. The first kappa shape index (κ1) is 12.7. The van der Waals surface area contributed by atoms with Crippen LogP contribution >= 0.6 is 34.4 Å². The molecule has 0 fully saturated rings. The van der Waals surface area contributed by atoms with Crippen molar-refractivity contribution in [2.45, 2.75) is 12.4 Å². The summed E-state index contributed by atoms with van der Waals surface area (Å²) in [7, 11) is 1.66. The Hall–Kier alpha value is -0.700. The molecule has 0 saturated heterocycles. The average molecular weight is 288 g/mol. The van der Waals surface area contributed by atoms with Gasteiger partial charge < -0.3 is 10.5 Å². The number of nitrogens with zero attached hydrogens (tertiary/aromatic N) is 3. The van der Waals surface area contributed by atoms with Crippen LogP contribution < -0.4 is 5.73 Å². The minimum Gasteiger partial charge on any atom is -0.378 e. The molecule has 92 valence electrons. The lowest BCUT2D eigenvalue weighted by molar-refractivity contribution is 0.182. The number of methoxy groups -OCH3 is 1. The number of aromatic nitrogens is 3. The van der Waals surface area contributed by atoms with E-state index in [9.17, 15) is 0 Å². The second-order valence-electron chi connectivity index (χ2n) is 3.19. The van der Waals surface area contributed by atoms with E-state index in [2.05, 4.69) is 21.4 Å². The minimum atomic E-state index is 0.475. The van der Waals surface area contributed by atoms with Crippen LogP contribution in [0.3, 0.4) is 0 Å². The van der Waals surface area contributed by atoms with Crippen molar-refractivity contribution in [3.8, 4) is 9.88 Å². The van der Waals surface area contributed by atoms with E-state index < -0.39 is 0 Å². The molecule has 0 amide bonds. The zero-order valence-corrected chi connectivity index (χ0v) is 11.9. The molecule has 0 spiro atoms. The van der Waals surface area contributed by atoms with Crippen LogP contribution in [0, 0.1) is 0 Å². The lowest BCUT2D eigenvalue weighted by atomic mass is 10.4. The summed E-state index contributed by atoms with van der Waals surface area (Å²) in [6.45, 7) is 0.486. The van der Waals surface area contributed by atoms with E-state index in [0.29, 0.717) is 11.7 Å². The van der Waals surface area contributed by atoms with Crippen molar-refractivity contribution in [1.29, 1.82) is 0 Å². The molecule has 0 saturated carbocycles. The molecule has 0 atom stereocenters. The van der Waals surface area contributed by atoms with E-state index in [0.717, 1.165) is 26.3 Å². The minimum absolute atomic E-state index is 0.475. The number of thiazole rings is 1. The standard InChI is InChI=1S/C9H12N4OS3/c1-14-3-5-7(8-12-13-9(10)17-8)16-6(11-5)4-15-2/h3-4H2,1-2H3,(H2,10,13). The van der Waals surface area contributed by atoms with Crippen LogP contribution in [0.2, 0.25) is 0 Å². The fraction of sp³-hybridized carbons (Fsp3) is 0.444. The molecular formula is C9H12N4OS3. The van der Waals surface area contributed by atoms with Crippen molar-refractivity contribution in [3.05, 3.63) is 10.7 Å². The Balaban J connectivity index is 2.36. The van der Waals surface area contributed by atoms with Crippen LogP contribution in [0.25, 0.3) is 9.88 Å². The molecule has 2 rings (SSSR count). The number of thioether (sulfide) groups is 1. The molecule has 0 unspecified atom stereocenters. The lowest BCUT2D eigenvalue weighted by Gasteiger charge is -1.95. The first-order valence-corrected chi connectivity index (χ1v) is 7.83. The molecule has 0 bridgehead atoms. The molecule has 0 aliphatic heterocycles. The van der Waals surface area contributed by atoms with Crippen molar-refractivity contribution in [1.82, 2.24) is 15.2 Å². The Labute approximate surface area is 111 Å². The summed E-state index contributed by atoms with van der Waals surface area (Å²) in [5, 5.41) is 10.3. The van der Waals surface area contributed by atoms with Gasteiger partial charge in [0.25, 0.3) is 0 Å². The highest BCUT2D eigenvalue weighted by atomic mass is 32.2. The Morgan fingerprint density at radius 3 is 2.76 bits per heavy atom. The number of rotatable bonds is 5. The monoisotopic (exact) mass is 288 g/mol. The average Bonchev–Trinajstić information content (AvgIpc) is 2.86. The van der Waals surface area contributed by atoms with Gasteiger partial charge in [-0.2, -0.15) is 11.8 Å². The molecule has 2 aromatic rings. The number of nitrogen functional groups attached to an aromatic ring is 1. The number of hydrogen-bond donors (Lipinski definition) is 1. The van der Waals surface area contributed by atoms with Crippen LogP contribution in [0.4, 0.5) is 5.13 Å². The van der Waals surface area contributed by atoms with Gasteiger partial charge in [0.1, 0.15) is 5.01 Å². The Morgan fingerprint density at radius 2 is 2.18 bits per heavy atom. The zero-order chi connectivity index (χ0) is 12.3. The second kappa shape index (κ2) is 5.76. The summed E-state index contributed by atoms with van der Waals surface area (Å²) in [6, 6.07) is 0. The summed E-state index contributed by atoms with van der Waals surface area (Å²) in [4.78, 5) is 5.56. The smallest absolute Gasteiger partial charge is 0.203 e. The third-order valence-electron chi connectivity index (χ3n) is 1.93. The molecule has 0 radical (unpaired) electrons. The van der Waals surface area contributed by atoms with Gasteiger partial charge in [0.05, 0.1) is 17.2 Å². The maximum absolute atomic E-state index is 5.60. The van der Waals surface area contributed by atoms with Crippen molar-refractivity contribution in [2.24, 2.45) is 0 Å². The topological polar surface area (TPSA) is 73.9 Å². The van der Waals surface area contributed by atoms with Gasteiger partial charge in [-0.3, -0.25) is 0 Å². The van der Waals surface area contributed by atoms with E-state index in [1.54, 1.807) is 30.2 Å². The lowest BCUT2D eigenvalue weighted by Crippen LogP contribution is -1.91. The largest absolute Gasteiger partial charge is 0.378 e. The molecular weight excluding hydrogens is 276 g/mol. The van der Waals surface area contributed by atoms with E-state index in [-0.39, 0.29) is 0 Å². The van der Waals surface area contributed by atoms with Crippen molar-refractivity contribution < 1.29 is 4.74 Å². The first-order valence-electron chi connectivity index (χ1n) is 4.80. The second-order valence-corrected chi connectivity index (χ2v) is 6.15. The molecule has 0 aromatic carbocycles. The molecule has 5 nitrogen and oxygen atoms in total. The molecule has 2 N–H and O–H groups in total. The van der Waals surface area contributed by atoms with Gasteiger partial charge in [0.2, 0.25) is 5.13 Å². The number of ether oxygens (including phenoxy) is 1. The Morgan fingerprint density at radius 1 is 1.35 bits per heavy atom. The highest BCUT2D eigenvalue weighted by Gasteiger charge is 2.16. The van der Waals surface area contributed by atoms with E-state index >= 15 is 0 Å². The van der Waals surface area contributed by atoms with Gasteiger partial charge in [0.15, 0.2) is 5.01 Å². The summed E-state index contributed by atoms with van der Waals surface area (Å²) in [5.74, 6) is 0.898. The maximum atomic E-state index is 5.60. The van der Waals surface area contributed by atoms with E-state index in [1.807, 2.05) is 0 Å². The molecule has 8 heteroatoms. The molecule has 17 heavy (non-hydrogen) atoms. The number of hydrogen-bond acceptors (Lipinski definition) is 8. The summed E-state index contributed by atoms with van der Waals surface area (Å²) >= 11 is 4.75. The van der Waals surface area contributed by atoms with Crippen molar-refractivity contribution in [3.63, 3.8) is 0 Å². The molecule has 0 aliphatic carbocycles. The van der Waals surface area contributed by atoms with Crippen molar-refractivity contribution in [2.75, 3.05) is 19.1 Å². The third-order valence-corrected chi connectivity index (χ3v) is 4.67. The van der Waals surface area contributed by atoms with Crippen LogP contribution in [-0.4, -0.2) is 28.5 Å². The maximum Gasteiger partial charge on any atom is 0.203 e. The predicted molar refractivity (Wildman–Crippen MR) is 73.4 cm³/mol. The predicted octanol–water partition coefficient (Wildman–Crippen LogP) is 2.25. The van der Waals surface area contributed by atoms with Crippen LogP contribution in [-0.2, 0) is 17.1 Å². The van der Waals surface area contributed by atoms with Gasteiger partial charge in [-0.25, -0.2) is 4.98 Å². The Bertz CT molecular complexity index is 496. The number of nitrogens with two attached hydrogens (primary N) is 1. The quantitative estimate of drug-likeness (QED) is 0.909. The fourth-order valence-corrected chi connectivity index (χ4v) is 3.78. The third kappa shape index (κ3) is 2.95. The van der Waals surface area contributed by atoms with E-state index in [1.165, 1.54) is 11.3 Å². The SMILES string of the molecule is COCc1nc(CSC)sc1-c1nnc(N)s1. The normalized spacial score (nSPS) is 10.9. The fourth-order valence-electron chi connectivity index (χ4n) is 1.31. The van der Waals surface area contributed by atoms with Crippen LogP contribution in [0.15, 0.2) is 0 Å². The van der Waals surface area contributed by atoms with Crippen LogP contribution in [0.5, 0.6) is 0 Å². The number of anilines is 1. The summed E-state index contributed by atoms with van der Waals surface area (Å²) < 4.78 is 5.15. The highest BCUT2D eigenvalue weighted by Crippen LogP contribution is 2.34. The summed E-state index contributed by atoms with van der Waals surface area (Å²) in [5.41, 5.74) is 6.51.